The van der Waals surface area contributed by atoms with E-state index < -0.39 is 5.60 Å². The molecule has 1 unspecified atom stereocenters. The summed E-state index contributed by atoms with van der Waals surface area (Å²) in [4.78, 5) is 9.60. The fraction of sp³-hybridized carbons (Fsp3) is 0.611. The predicted molar refractivity (Wildman–Crippen MR) is 90.5 cm³/mol. The van der Waals surface area contributed by atoms with Crippen LogP contribution in [-0.4, -0.2) is 37.4 Å². The van der Waals surface area contributed by atoms with E-state index in [1.54, 1.807) is 7.11 Å². The zero-order chi connectivity index (χ0) is 17.3. The van der Waals surface area contributed by atoms with Crippen LogP contribution in [0.1, 0.15) is 45.6 Å². The first-order valence-corrected chi connectivity index (χ1v) is 8.00. The van der Waals surface area contributed by atoms with E-state index in [2.05, 4.69) is 10.1 Å². The minimum Gasteiger partial charge on any atom is -0.497 e. The Morgan fingerprint density at radius 1 is 1.22 bits per heavy atom. The van der Waals surface area contributed by atoms with Crippen LogP contribution >= 0.6 is 0 Å². The van der Waals surface area contributed by atoms with Gasteiger partial charge in [0.25, 0.3) is 6.47 Å². The van der Waals surface area contributed by atoms with Crippen molar-refractivity contribution in [2.24, 2.45) is 0 Å². The molecule has 1 aliphatic heterocycles. The highest BCUT2D eigenvalue weighted by Crippen LogP contribution is 2.29. The molecule has 2 rings (SSSR count). The normalized spacial score (nSPS) is 21.4. The summed E-state index contributed by atoms with van der Waals surface area (Å²) in [6.45, 7) is 7.56. The summed E-state index contributed by atoms with van der Waals surface area (Å²) in [5.41, 5.74) is -0.0625. The van der Waals surface area contributed by atoms with Gasteiger partial charge in [0, 0.05) is 6.54 Å². The molecule has 0 radical (unpaired) electrons. The smallest absolute Gasteiger partial charge is 0.293 e. The number of carbonyl (C=O) groups is 1. The van der Waals surface area contributed by atoms with Crippen LogP contribution in [-0.2, 0) is 15.1 Å². The Kier molecular flexibility index (Phi) is 7.52. The zero-order valence-corrected chi connectivity index (χ0v) is 14.6. The summed E-state index contributed by atoms with van der Waals surface area (Å²) < 4.78 is 9.67. The van der Waals surface area contributed by atoms with E-state index in [0.717, 1.165) is 37.1 Å². The lowest BCUT2D eigenvalue weighted by atomic mass is 9.89. The average Bonchev–Trinajstić information content (AvgIpc) is 2.72. The Bertz CT molecular complexity index is 457. The third kappa shape index (κ3) is 7.01. The van der Waals surface area contributed by atoms with Crippen LogP contribution in [0.15, 0.2) is 24.3 Å². The number of aliphatic hydroxyl groups is 1. The number of β-amino-alcohol motifs (C(OH)–C–C–N with tert-alkyl or cyclic N) is 1. The average molecular weight is 323 g/mol. The zero-order valence-electron chi connectivity index (χ0n) is 14.6. The van der Waals surface area contributed by atoms with Gasteiger partial charge in [-0.25, -0.2) is 0 Å². The third-order valence-corrected chi connectivity index (χ3v) is 3.64. The van der Waals surface area contributed by atoms with Crippen LogP contribution < -0.4 is 10.1 Å². The Morgan fingerprint density at radius 3 is 2.35 bits per heavy atom. The maximum absolute atomic E-state index is 10.6. The lowest BCUT2D eigenvalue weighted by Crippen LogP contribution is -2.36. The minimum absolute atomic E-state index is 0.318. The van der Waals surface area contributed by atoms with Gasteiger partial charge in [-0.05, 0) is 64.3 Å². The second-order valence-electron chi connectivity index (χ2n) is 6.72. The molecule has 1 fully saturated rings. The summed E-state index contributed by atoms with van der Waals surface area (Å²) in [5, 5.41) is 13.9. The molecule has 0 amide bonds. The van der Waals surface area contributed by atoms with Gasteiger partial charge in [-0.1, -0.05) is 12.1 Å². The lowest BCUT2D eigenvalue weighted by molar-refractivity contribution is -0.138. The van der Waals surface area contributed by atoms with Crippen LogP contribution in [0.5, 0.6) is 5.75 Å². The molecule has 1 aromatic rings. The van der Waals surface area contributed by atoms with E-state index in [4.69, 9.17) is 4.74 Å². The molecule has 23 heavy (non-hydrogen) atoms. The first-order valence-electron chi connectivity index (χ1n) is 8.00. The van der Waals surface area contributed by atoms with Crippen LogP contribution in [0, 0.1) is 0 Å². The van der Waals surface area contributed by atoms with E-state index in [0.29, 0.717) is 13.0 Å². The molecule has 130 valence electrons. The van der Waals surface area contributed by atoms with Crippen molar-refractivity contribution >= 4 is 6.47 Å². The number of carbonyl (C=O) groups excluding carboxylic acids is 1. The number of hydrogen-bond acceptors (Lipinski definition) is 5. The van der Waals surface area contributed by atoms with Crippen molar-refractivity contribution in [3.05, 3.63) is 29.8 Å². The molecule has 5 nitrogen and oxygen atoms in total. The minimum atomic E-state index is -0.719. The van der Waals surface area contributed by atoms with Crippen molar-refractivity contribution in [1.82, 2.24) is 5.32 Å². The highest BCUT2D eigenvalue weighted by atomic mass is 16.5. The van der Waals surface area contributed by atoms with Gasteiger partial charge in [0.15, 0.2) is 0 Å². The third-order valence-electron chi connectivity index (χ3n) is 3.64. The Balaban J connectivity index is 0.000000322. The summed E-state index contributed by atoms with van der Waals surface area (Å²) in [6.07, 6.45) is 3.03. The maximum Gasteiger partial charge on any atom is 0.293 e. The molecule has 1 aromatic carbocycles. The van der Waals surface area contributed by atoms with Crippen LogP contribution in [0.3, 0.4) is 0 Å². The predicted octanol–water partition coefficient (Wildman–Crippen LogP) is 2.61. The molecule has 1 atom stereocenters. The summed E-state index contributed by atoms with van der Waals surface area (Å²) in [6, 6.07) is 7.70. The molecule has 1 saturated heterocycles. The Labute approximate surface area is 139 Å². The standard InChI is InChI=1S/C13H19NO2.C5H10O2/c1-16-12-6-4-11(5-7-12)13(15)8-2-3-9-14-10-13;1-5(2,3)7-4-6/h4-7,14-15H,2-3,8-10H2,1H3;4H,1-3H3. The number of methoxy groups -OCH3 is 1. The second-order valence-corrected chi connectivity index (χ2v) is 6.72. The number of ether oxygens (including phenoxy) is 2. The van der Waals surface area contributed by atoms with Crippen molar-refractivity contribution in [2.75, 3.05) is 20.2 Å². The van der Waals surface area contributed by atoms with E-state index in [1.165, 1.54) is 0 Å². The van der Waals surface area contributed by atoms with Crippen LogP contribution in [0.25, 0.3) is 0 Å². The largest absolute Gasteiger partial charge is 0.497 e. The van der Waals surface area contributed by atoms with Gasteiger partial charge < -0.3 is 19.9 Å². The van der Waals surface area contributed by atoms with Crippen molar-refractivity contribution < 1.29 is 19.4 Å². The topological polar surface area (TPSA) is 67.8 Å². The molecule has 0 spiro atoms. The van der Waals surface area contributed by atoms with E-state index >= 15 is 0 Å². The second kappa shape index (κ2) is 8.89. The Hall–Kier alpha value is -1.59. The van der Waals surface area contributed by atoms with Crippen molar-refractivity contribution in [1.29, 1.82) is 0 Å². The molecular weight excluding hydrogens is 294 g/mol. The number of hydrogen-bond donors (Lipinski definition) is 2. The number of nitrogens with one attached hydrogen (secondary N) is 1. The van der Waals surface area contributed by atoms with Crippen molar-refractivity contribution in [3.8, 4) is 5.75 Å². The van der Waals surface area contributed by atoms with Gasteiger partial charge in [-0.3, -0.25) is 4.79 Å². The molecule has 0 saturated carbocycles. The van der Waals surface area contributed by atoms with Gasteiger partial charge in [-0.15, -0.1) is 0 Å². The lowest BCUT2D eigenvalue weighted by Gasteiger charge is -2.27. The van der Waals surface area contributed by atoms with Gasteiger partial charge in [-0.2, -0.15) is 0 Å². The van der Waals surface area contributed by atoms with Gasteiger partial charge in [0.2, 0.25) is 0 Å². The van der Waals surface area contributed by atoms with E-state index in [-0.39, 0.29) is 5.60 Å². The van der Waals surface area contributed by atoms with E-state index in [1.807, 2.05) is 45.0 Å². The maximum atomic E-state index is 10.6. The van der Waals surface area contributed by atoms with Gasteiger partial charge in [0.05, 0.1) is 7.11 Å². The Morgan fingerprint density at radius 2 is 1.87 bits per heavy atom. The summed E-state index contributed by atoms with van der Waals surface area (Å²) >= 11 is 0. The molecule has 0 aromatic heterocycles. The quantitative estimate of drug-likeness (QED) is 0.837. The summed E-state index contributed by atoms with van der Waals surface area (Å²) in [7, 11) is 1.65. The van der Waals surface area contributed by atoms with E-state index in [9.17, 15) is 9.90 Å². The molecule has 2 N–H and O–H groups in total. The van der Waals surface area contributed by atoms with Crippen molar-refractivity contribution in [2.45, 2.75) is 51.2 Å². The number of rotatable bonds is 3. The molecule has 0 bridgehead atoms. The number of benzene rings is 1. The molecule has 0 aliphatic carbocycles. The first kappa shape index (κ1) is 19.5. The highest BCUT2D eigenvalue weighted by Gasteiger charge is 2.29. The molecule has 1 heterocycles. The summed E-state index contributed by atoms with van der Waals surface area (Å²) in [5.74, 6) is 0.828. The fourth-order valence-corrected chi connectivity index (χ4v) is 2.34. The fourth-order valence-electron chi connectivity index (χ4n) is 2.34. The molecular formula is C18H29NO4. The molecule has 5 heteroatoms. The van der Waals surface area contributed by atoms with Gasteiger partial charge >= 0.3 is 0 Å². The monoisotopic (exact) mass is 323 g/mol. The van der Waals surface area contributed by atoms with Gasteiger partial charge in [0.1, 0.15) is 17.0 Å². The highest BCUT2D eigenvalue weighted by molar-refractivity contribution is 5.37. The molecule has 1 aliphatic rings. The SMILES string of the molecule is CC(C)(C)OC=O.COc1ccc(C2(O)CCCCNC2)cc1. The van der Waals surface area contributed by atoms with Crippen molar-refractivity contribution in [3.63, 3.8) is 0 Å². The van der Waals surface area contributed by atoms with Crippen LogP contribution in [0.2, 0.25) is 0 Å². The van der Waals surface area contributed by atoms with Crippen LogP contribution in [0.4, 0.5) is 0 Å². The first-order chi connectivity index (χ1) is 10.8.